The Morgan fingerprint density at radius 1 is 1.22 bits per heavy atom. The van der Waals surface area contributed by atoms with E-state index in [0.717, 1.165) is 5.69 Å². The summed E-state index contributed by atoms with van der Waals surface area (Å²) in [6.07, 6.45) is 0.490. The number of hydrogen-bond donors (Lipinski definition) is 1. The lowest BCUT2D eigenvalue weighted by atomic mass is 10.1. The fourth-order valence-electron chi connectivity index (χ4n) is 2.96. The van der Waals surface area contributed by atoms with Crippen molar-refractivity contribution in [1.82, 2.24) is 5.32 Å². The maximum Gasteiger partial charge on any atom is 0.239 e. The Labute approximate surface area is 163 Å². The first-order valence-corrected chi connectivity index (χ1v) is 9.08. The van der Waals surface area contributed by atoms with Gasteiger partial charge in [-0.2, -0.15) is 0 Å². The first-order chi connectivity index (χ1) is 13.1. The van der Waals surface area contributed by atoms with E-state index in [1.807, 2.05) is 18.2 Å². The van der Waals surface area contributed by atoms with Gasteiger partial charge in [0.1, 0.15) is 24.0 Å². The molecule has 1 fully saturated rings. The third-order valence-electron chi connectivity index (χ3n) is 4.37. The molecule has 7 heteroatoms. The Kier molecular flexibility index (Phi) is 6.19. The second-order valence-corrected chi connectivity index (χ2v) is 6.56. The van der Waals surface area contributed by atoms with E-state index < -0.39 is 5.92 Å². The number of rotatable bonds is 7. The van der Waals surface area contributed by atoms with Crippen molar-refractivity contribution < 1.29 is 19.1 Å². The summed E-state index contributed by atoms with van der Waals surface area (Å²) in [6.45, 7) is 1.14. The minimum absolute atomic E-state index is 0.191. The topological polar surface area (TPSA) is 67.9 Å². The average molecular weight is 389 g/mol. The molecule has 0 bridgehead atoms. The highest BCUT2D eigenvalue weighted by Gasteiger charge is 2.37. The number of amides is 2. The van der Waals surface area contributed by atoms with Gasteiger partial charge in [-0.1, -0.05) is 17.7 Å². The maximum atomic E-state index is 12.5. The molecule has 2 aromatic rings. The van der Waals surface area contributed by atoms with Gasteiger partial charge in [0.15, 0.2) is 0 Å². The van der Waals surface area contributed by atoms with Gasteiger partial charge in [-0.3, -0.25) is 9.59 Å². The smallest absolute Gasteiger partial charge is 0.239 e. The van der Waals surface area contributed by atoms with Gasteiger partial charge in [0.05, 0.1) is 13.7 Å². The Morgan fingerprint density at radius 3 is 2.70 bits per heavy atom. The average Bonchev–Trinajstić information content (AvgIpc) is 3.07. The molecule has 142 valence electrons. The number of ether oxygens (including phenoxy) is 2. The molecular weight excluding hydrogens is 368 g/mol. The molecule has 0 saturated carbocycles. The zero-order chi connectivity index (χ0) is 19.2. The van der Waals surface area contributed by atoms with Crippen LogP contribution in [0.25, 0.3) is 0 Å². The molecule has 2 amide bonds. The van der Waals surface area contributed by atoms with Crippen LogP contribution in [0.15, 0.2) is 48.5 Å². The van der Waals surface area contributed by atoms with Crippen molar-refractivity contribution >= 4 is 29.1 Å². The summed E-state index contributed by atoms with van der Waals surface area (Å²) in [6, 6.07) is 14.3. The monoisotopic (exact) mass is 388 g/mol. The van der Waals surface area contributed by atoms with Crippen molar-refractivity contribution in [3.63, 3.8) is 0 Å². The SMILES string of the molecule is COc1cccc(OCCNC(=O)C2CCN(c3ccc(Cl)cc3)C2=O)c1. The van der Waals surface area contributed by atoms with Crippen molar-refractivity contribution in [1.29, 1.82) is 0 Å². The summed E-state index contributed by atoms with van der Waals surface area (Å²) in [7, 11) is 1.59. The van der Waals surface area contributed by atoms with Gasteiger partial charge in [0.2, 0.25) is 11.8 Å². The summed E-state index contributed by atoms with van der Waals surface area (Å²) in [5, 5.41) is 3.38. The molecular formula is C20H21ClN2O4. The number of hydrogen-bond acceptors (Lipinski definition) is 4. The number of methoxy groups -OCH3 is 1. The number of nitrogens with zero attached hydrogens (tertiary/aromatic N) is 1. The highest BCUT2D eigenvalue weighted by Crippen LogP contribution is 2.26. The van der Waals surface area contributed by atoms with Crippen LogP contribution in [0.3, 0.4) is 0 Å². The molecule has 1 aliphatic heterocycles. The summed E-state index contributed by atoms with van der Waals surface area (Å²) in [5.74, 6) is 0.233. The second-order valence-electron chi connectivity index (χ2n) is 6.13. The van der Waals surface area contributed by atoms with Gasteiger partial charge < -0.3 is 19.7 Å². The molecule has 1 N–H and O–H groups in total. The summed E-state index contributed by atoms with van der Waals surface area (Å²) < 4.78 is 10.7. The number of halogens is 1. The van der Waals surface area contributed by atoms with E-state index in [4.69, 9.17) is 21.1 Å². The van der Waals surface area contributed by atoms with Gasteiger partial charge in [0, 0.05) is 23.3 Å². The number of nitrogens with one attached hydrogen (secondary N) is 1. The van der Waals surface area contributed by atoms with E-state index in [1.165, 1.54) is 0 Å². The molecule has 2 aromatic carbocycles. The molecule has 1 unspecified atom stereocenters. The maximum absolute atomic E-state index is 12.5. The summed E-state index contributed by atoms with van der Waals surface area (Å²) in [5.41, 5.74) is 0.751. The summed E-state index contributed by atoms with van der Waals surface area (Å²) >= 11 is 5.88. The molecule has 0 radical (unpaired) electrons. The Bertz CT molecular complexity index is 810. The highest BCUT2D eigenvalue weighted by molar-refractivity contribution is 6.30. The standard InChI is InChI=1S/C20H21ClN2O4/c1-26-16-3-2-4-17(13-16)27-12-10-22-19(24)18-9-11-23(20(18)25)15-7-5-14(21)6-8-15/h2-8,13,18H,9-12H2,1H3,(H,22,24). The first kappa shape index (κ1) is 19.0. The highest BCUT2D eigenvalue weighted by atomic mass is 35.5. The van der Waals surface area contributed by atoms with Crippen molar-refractivity contribution in [3.05, 3.63) is 53.6 Å². The van der Waals surface area contributed by atoms with E-state index in [9.17, 15) is 9.59 Å². The molecule has 0 aliphatic carbocycles. The molecule has 1 aliphatic rings. The van der Waals surface area contributed by atoms with Crippen molar-refractivity contribution in [2.45, 2.75) is 6.42 Å². The normalized spacial score (nSPS) is 16.3. The lowest BCUT2D eigenvalue weighted by Gasteiger charge is -2.17. The lowest BCUT2D eigenvalue weighted by Crippen LogP contribution is -2.38. The van der Waals surface area contributed by atoms with Crippen LogP contribution in [-0.4, -0.2) is 38.6 Å². The van der Waals surface area contributed by atoms with Crippen LogP contribution in [0.4, 0.5) is 5.69 Å². The molecule has 27 heavy (non-hydrogen) atoms. The fraction of sp³-hybridized carbons (Fsp3) is 0.300. The number of benzene rings is 2. The predicted molar refractivity (Wildman–Crippen MR) is 103 cm³/mol. The minimum atomic E-state index is -0.669. The van der Waals surface area contributed by atoms with Gasteiger partial charge >= 0.3 is 0 Å². The Hall–Kier alpha value is -2.73. The van der Waals surface area contributed by atoms with Gasteiger partial charge in [-0.25, -0.2) is 0 Å². The molecule has 1 heterocycles. The van der Waals surface area contributed by atoms with Crippen LogP contribution in [0.1, 0.15) is 6.42 Å². The van der Waals surface area contributed by atoms with E-state index in [-0.39, 0.29) is 11.8 Å². The quantitative estimate of drug-likeness (QED) is 0.585. The Balaban J connectivity index is 1.47. The molecule has 0 aromatic heterocycles. The third-order valence-corrected chi connectivity index (χ3v) is 4.62. The Morgan fingerprint density at radius 2 is 1.96 bits per heavy atom. The number of carbonyl (C=O) groups is 2. The van der Waals surface area contributed by atoms with E-state index in [0.29, 0.717) is 42.6 Å². The van der Waals surface area contributed by atoms with Crippen LogP contribution >= 0.6 is 11.6 Å². The van der Waals surface area contributed by atoms with Crippen molar-refractivity contribution in [3.8, 4) is 11.5 Å². The van der Waals surface area contributed by atoms with Crippen LogP contribution in [-0.2, 0) is 9.59 Å². The number of carbonyl (C=O) groups excluding carboxylic acids is 2. The van der Waals surface area contributed by atoms with Crippen LogP contribution in [0, 0.1) is 5.92 Å². The molecule has 0 spiro atoms. The van der Waals surface area contributed by atoms with Crippen LogP contribution in [0.5, 0.6) is 11.5 Å². The van der Waals surface area contributed by atoms with Gasteiger partial charge in [-0.15, -0.1) is 0 Å². The molecule has 3 rings (SSSR count). The third kappa shape index (κ3) is 4.71. The first-order valence-electron chi connectivity index (χ1n) is 8.70. The predicted octanol–water partition coefficient (Wildman–Crippen LogP) is 2.90. The van der Waals surface area contributed by atoms with Gasteiger partial charge in [0.25, 0.3) is 0 Å². The van der Waals surface area contributed by atoms with Crippen molar-refractivity contribution in [2.24, 2.45) is 5.92 Å². The van der Waals surface area contributed by atoms with Gasteiger partial charge in [-0.05, 0) is 42.8 Å². The molecule has 1 atom stereocenters. The molecule has 6 nitrogen and oxygen atoms in total. The second kappa shape index (κ2) is 8.77. The summed E-state index contributed by atoms with van der Waals surface area (Å²) in [4.78, 5) is 26.5. The zero-order valence-electron chi connectivity index (χ0n) is 15.0. The van der Waals surface area contributed by atoms with Crippen LogP contribution in [0.2, 0.25) is 5.02 Å². The molecule has 1 saturated heterocycles. The fourth-order valence-corrected chi connectivity index (χ4v) is 3.08. The number of anilines is 1. The van der Waals surface area contributed by atoms with E-state index >= 15 is 0 Å². The van der Waals surface area contributed by atoms with Crippen LogP contribution < -0.4 is 19.7 Å². The van der Waals surface area contributed by atoms with Crippen molar-refractivity contribution in [2.75, 3.05) is 31.7 Å². The van der Waals surface area contributed by atoms with E-state index in [1.54, 1.807) is 42.3 Å². The zero-order valence-corrected chi connectivity index (χ0v) is 15.7. The van der Waals surface area contributed by atoms with E-state index in [2.05, 4.69) is 5.32 Å². The largest absolute Gasteiger partial charge is 0.497 e. The lowest BCUT2D eigenvalue weighted by molar-refractivity contribution is -0.132. The minimum Gasteiger partial charge on any atom is -0.497 e.